The van der Waals surface area contributed by atoms with Gasteiger partial charge in [-0.05, 0) is 31.2 Å². The van der Waals surface area contributed by atoms with Crippen LogP contribution in [0, 0.1) is 12.7 Å². The van der Waals surface area contributed by atoms with E-state index in [0.717, 1.165) is 6.07 Å². The summed E-state index contributed by atoms with van der Waals surface area (Å²) in [6, 6.07) is 7.23. The Morgan fingerprint density at radius 3 is 2.70 bits per heavy atom. The van der Waals surface area contributed by atoms with Crippen LogP contribution in [0.4, 0.5) is 10.1 Å². The molecule has 3 N–H and O–H groups in total. The van der Waals surface area contributed by atoms with Crippen LogP contribution in [0.2, 0.25) is 10.0 Å². The molecule has 0 radical (unpaired) electrons. The number of hydrogen-bond acceptors (Lipinski definition) is 4. The normalized spacial score (nSPS) is 15.9. The van der Waals surface area contributed by atoms with E-state index in [1.165, 1.54) is 13.0 Å². The molecule has 9 heteroatoms. The highest BCUT2D eigenvalue weighted by molar-refractivity contribution is 6.37. The van der Waals surface area contributed by atoms with Crippen LogP contribution in [0.3, 0.4) is 0 Å². The molecule has 1 heterocycles. The topological polar surface area (TPSA) is 93.8 Å². The molecule has 0 spiro atoms. The highest BCUT2D eigenvalue weighted by Crippen LogP contribution is 2.27. The third kappa shape index (κ3) is 4.04. The fourth-order valence-electron chi connectivity index (χ4n) is 2.56. The van der Waals surface area contributed by atoms with Gasteiger partial charge in [-0.1, -0.05) is 34.4 Å². The molecule has 0 aromatic heterocycles. The number of anilines is 1. The minimum absolute atomic E-state index is 0.0503. The SMILES string of the molecule is Cc1c(F)cc(C(N)=O)cc1NC(=O)C1CC(c2ccc(Cl)cc2Cl)=NO1. The van der Waals surface area contributed by atoms with Gasteiger partial charge in [-0.2, -0.15) is 0 Å². The Balaban J connectivity index is 1.75. The van der Waals surface area contributed by atoms with E-state index in [-0.39, 0.29) is 23.2 Å². The summed E-state index contributed by atoms with van der Waals surface area (Å²) >= 11 is 12.0. The van der Waals surface area contributed by atoms with Gasteiger partial charge in [-0.25, -0.2) is 4.39 Å². The molecule has 1 aliphatic heterocycles. The van der Waals surface area contributed by atoms with E-state index in [1.807, 2.05) is 0 Å². The van der Waals surface area contributed by atoms with Crippen molar-refractivity contribution in [2.24, 2.45) is 10.9 Å². The maximum absolute atomic E-state index is 13.9. The van der Waals surface area contributed by atoms with Gasteiger partial charge >= 0.3 is 0 Å². The molecular weight excluding hydrogens is 396 g/mol. The van der Waals surface area contributed by atoms with Crippen LogP contribution in [-0.4, -0.2) is 23.6 Å². The number of halogens is 3. The standard InChI is InChI=1S/C18H14Cl2FN3O3/c1-8-13(21)4-9(17(22)25)5-14(8)23-18(26)16-7-15(24-27-16)11-3-2-10(19)6-12(11)20/h2-6,16H,7H2,1H3,(H2,22,25)(H,23,26). The molecule has 1 atom stereocenters. The van der Waals surface area contributed by atoms with Crippen LogP contribution in [0.25, 0.3) is 0 Å². The Hall–Kier alpha value is -2.64. The maximum atomic E-state index is 13.9. The predicted octanol–water partition coefficient (Wildman–Crippen LogP) is 3.67. The second kappa shape index (κ2) is 7.54. The molecule has 140 valence electrons. The van der Waals surface area contributed by atoms with Crippen LogP contribution in [0.1, 0.15) is 27.9 Å². The molecule has 0 aliphatic carbocycles. The van der Waals surface area contributed by atoms with Gasteiger partial charge in [0.15, 0.2) is 0 Å². The summed E-state index contributed by atoms with van der Waals surface area (Å²) < 4.78 is 13.9. The number of carbonyl (C=O) groups is 2. The van der Waals surface area contributed by atoms with E-state index in [0.29, 0.717) is 21.3 Å². The van der Waals surface area contributed by atoms with E-state index in [2.05, 4.69) is 10.5 Å². The van der Waals surface area contributed by atoms with E-state index >= 15 is 0 Å². The molecule has 3 rings (SSSR count). The van der Waals surface area contributed by atoms with Gasteiger partial charge in [-0.3, -0.25) is 9.59 Å². The summed E-state index contributed by atoms with van der Waals surface area (Å²) in [5.74, 6) is -1.99. The first kappa shape index (κ1) is 19.1. The van der Waals surface area contributed by atoms with Crippen LogP contribution >= 0.6 is 23.2 Å². The van der Waals surface area contributed by atoms with E-state index in [4.69, 9.17) is 33.8 Å². The summed E-state index contributed by atoms with van der Waals surface area (Å²) in [5.41, 5.74) is 6.53. The predicted molar refractivity (Wildman–Crippen MR) is 101 cm³/mol. The van der Waals surface area contributed by atoms with Crippen molar-refractivity contribution in [3.8, 4) is 0 Å². The number of nitrogens with zero attached hydrogens (tertiary/aromatic N) is 1. The third-order valence-corrected chi connectivity index (χ3v) is 4.64. The minimum atomic E-state index is -0.925. The van der Waals surface area contributed by atoms with Crippen molar-refractivity contribution >= 4 is 46.4 Å². The molecule has 6 nitrogen and oxygen atoms in total. The average Bonchev–Trinajstić information content (AvgIpc) is 3.08. The van der Waals surface area contributed by atoms with Crippen molar-refractivity contribution in [2.75, 3.05) is 5.32 Å². The first-order chi connectivity index (χ1) is 12.8. The minimum Gasteiger partial charge on any atom is -0.382 e. The third-order valence-electron chi connectivity index (χ3n) is 4.09. The molecule has 0 saturated carbocycles. The molecular formula is C18H14Cl2FN3O3. The molecule has 2 aromatic carbocycles. The quantitative estimate of drug-likeness (QED) is 0.806. The van der Waals surface area contributed by atoms with Crippen LogP contribution in [0.15, 0.2) is 35.5 Å². The van der Waals surface area contributed by atoms with Crippen molar-refractivity contribution in [3.05, 3.63) is 62.9 Å². The summed E-state index contributed by atoms with van der Waals surface area (Å²) in [4.78, 5) is 29.0. The Labute approximate surface area is 164 Å². The Morgan fingerprint density at radius 2 is 2.04 bits per heavy atom. The monoisotopic (exact) mass is 409 g/mol. The maximum Gasteiger partial charge on any atom is 0.268 e. The number of benzene rings is 2. The molecule has 2 aromatic rings. The fourth-order valence-corrected chi connectivity index (χ4v) is 3.08. The van der Waals surface area contributed by atoms with Gasteiger partial charge < -0.3 is 15.9 Å². The summed E-state index contributed by atoms with van der Waals surface area (Å²) in [5, 5.41) is 7.31. The van der Waals surface area contributed by atoms with Gasteiger partial charge in [0.2, 0.25) is 12.0 Å². The Bertz CT molecular complexity index is 979. The zero-order chi connectivity index (χ0) is 19.7. The van der Waals surface area contributed by atoms with Crippen molar-refractivity contribution in [2.45, 2.75) is 19.4 Å². The van der Waals surface area contributed by atoms with Gasteiger partial charge in [-0.15, -0.1) is 0 Å². The largest absolute Gasteiger partial charge is 0.382 e. The highest BCUT2D eigenvalue weighted by atomic mass is 35.5. The van der Waals surface area contributed by atoms with Gasteiger partial charge in [0.1, 0.15) is 5.82 Å². The molecule has 0 bridgehead atoms. The summed E-state index contributed by atoms with van der Waals surface area (Å²) in [6.45, 7) is 1.47. The number of carbonyl (C=O) groups excluding carboxylic acids is 2. The lowest BCUT2D eigenvalue weighted by molar-refractivity contribution is -0.125. The summed E-state index contributed by atoms with van der Waals surface area (Å²) in [7, 11) is 0. The van der Waals surface area contributed by atoms with Gasteiger partial charge in [0.25, 0.3) is 5.91 Å². The second-order valence-corrected chi connectivity index (χ2v) is 6.79. The number of nitrogens with one attached hydrogen (secondary N) is 1. The summed E-state index contributed by atoms with van der Waals surface area (Å²) in [6.07, 6.45) is -0.754. The lowest BCUT2D eigenvalue weighted by Crippen LogP contribution is -2.28. The molecule has 1 aliphatic rings. The average molecular weight is 410 g/mol. The van der Waals surface area contributed by atoms with Crippen molar-refractivity contribution in [3.63, 3.8) is 0 Å². The zero-order valence-corrected chi connectivity index (χ0v) is 15.6. The van der Waals surface area contributed by atoms with Crippen molar-refractivity contribution in [1.82, 2.24) is 0 Å². The first-order valence-electron chi connectivity index (χ1n) is 7.85. The molecule has 0 saturated heterocycles. The number of nitrogens with two attached hydrogens (primary N) is 1. The van der Waals surface area contributed by atoms with Gasteiger partial charge in [0.05, 0.1) is 10.7 Å². The van der Waals surface area contributed by atoms with E-state index in [1.54, 1.807) is 18.2 Å². The Kier molecular flexibility index (Phi) is 5.34. The lowest BCUT2D eigenvalue weighted by Gasteiger charge is -2.13. The number of rotatable bonds is 4. The number of amides is 2. The Morgan fingerprint density at radius 1 is 1.30 bits per heavy atom. The van der Waals surface area contributed by atoms with Crippen molar-refractivity contribution in [1.29, 1.82) is 0 Å². The smallest absolute Gasteiger partial charge is 0.268 e. The van der Waals surface area contributed by atoms with E-state index < -0.39 is 23.7 Å². The van der Waals surface area contributed by atoms with Crippen LogP contribution in [-0.2, 0) is 9.63 Å². The van der Waals surface area contributed by atoms with E-state index in [9.17, 15) is 14.0 Å². The first-order valence-corrected chi connectivity index (χ1v) is 8.60. The fraction of sp³-hybridized carbons (Fsp3) is 0.167. The zero-order valence-electron chi connectivity index (χ0n) is 14.1. The molecule has 27 heavy (non-hydrogen) atoms. The number of hydrogen-bond donors (Lipinski definition) is 2. The number of oxime groups is 1. The van der Waals surface area contributed by atoms with Gasteiger partial charge in [0, 0.05) is 33.8 Å². The second-order valence-electron chi connectivity index (χ2n) is 5.94. The lowest BCUT2D eigenvalue weighted by atomic mass is 10.0. The van der Waals surface area contributed by atoms with Crippen molar-refractivity contribution < 1.29 is 18.8 Å². The van der Waals surface area contributed by atoms with Crippen LogP contribution in [0.5, 0.6) is 0 Å². The van der Waals surface area contributed by atoms with Crippen LogP contribution < -0.4 is 11.1 Å². The molecule has 0 fully saturated rings. The molecule has 1 unspecified atom stereocenters. The number of primary amides is 1. The molecule has 2 amide bonds. The highest BCUT2D eigenvalue weighted by Gasteiger charge is 2.30.